The lowest BCUT2D eigenvalue weighted by Gasteiger charge is -2.21. The van der Waals surface area contributed by atoms with Gasteiger partial charge in [0, 0.05) is 0 Å². The highest BCUT2D eigenvalue weighted by Gasteiger charge is 2.13. The van der Waals surface area contributed by atoms with Crippen LogP contribution in [0.25, 0.3) is 0 Å². The zero-order valence-corrected chi connectivity index (χ0v) is 8.84. The first-order chi connectivity index (χ1) is 6.27. The van der Waals surface area contributed by atoms with Crippen LogP contribution < -0.4 is 0 Å². The number of hydrogen-bond acceptors (Lipinski definition) is 0. The van der Waals surface area contributed by atoms with Crippen molar-refractivity contribution in [2.24, 2.45) is 5.92 Å². The van der Waals surface area contributed by atoms with E-state index in [-0.39, 0.29) is 0 Å². The summed E-state index contributed by atoms with van der Waals surface area (Å²) in [4.78, 5) is 0. The Bertz CT molecular complexity index is 230. The van der Waals surface area contributed by atoms with Crippen molar-refractivity contribution in [2.45, 2.75) is 39.5 Å². The van der Waals surface area contributed by atoms with Gasteiger partial charge in [-0.2, -0.15) is 0 Å². The molecule has 13 heavy (non-hydrogen) atoms. The van der Waals surface area contributed by atoms with Crippen LogP contribution in [0.4, 0.5) is 0 Å². The third-order valence-corrected chi connectivity index (χ3v) is 2.83. The fourth-order valence-corrected chi connectivity index (χ4v) is 1.84. The van der Waals surface area contributed by atoms with Crippen molar-refractivity contribution in [3.8, 4) is 0 Å². The lowest BCUT2D eigenvalue weighted by atomic mass is 9.84. The van der Waals surface area contributed by atoms with Crippen molar-refractivity contribution in [3.05, 3.63) is 36.0 Å². The first-order valence-corrected chi connectivity index (χ1v) is 5.30. The highest BCUT2D eigenvalue weighted by atomic mass is 14.2. The molecule has 1 aliphatic carbocycles. The smallest absolute Gasteiger partial charge is 0.0128 e. The maximum Gasteiger partial charge on any atom is -0.0128 e. The van der Waals surface area contributed by atoms with E-state index in [1.165, 1.54) is 24.8 Å². The first kappa shape index (κ1) is 10.3. The molecule has 0 heterocycles. The predicted molar refractivity (Wildman–Crippen MR) is 59.7 cm³/mol. The van der Waals surface area contributed by atoms with Gasteiger partial charge >= 0.3 is 0 Å². The maximum atomic E-state index is 4.08. The average molecular weight is 176 g/mol. The topological polar surface area (TPSA) is 0 Å². The zero-order valence-electron chi connectivity index (χ0n) is 8.84. The van der Waals surface area contributed by atoms with Crippen LogP contribution in [0.5, 0.6) is 0 Å². The molecule has 1 aliphatic rings. The molecule has 0 aromatic heterocycles. The normalized spacial score (nSPS) is 21.4. The summed E-state index contributed by atoms with van der Waals surface area (Å²) in [5.41, 5.74) is 2.98. The number of rotatable bonds is 4. The van der Waals surface area contributed by atoms with E-state index in [1.54, 1.807) is 5.57 Å². The third-order valence-electron chi connectivity index (χ3n) is 2.83. The lowest BCUT2D eigenvalue weighted by molar-refractivity contribution is 0.583. The van der Waals surface area contributed by atoms with Crippen LogP contribution in [0, 0.1) is 5.92 Å². The van der Waals surface area contributed by atoms with Crippen molar-refractivity contribution >= 4 is 0 Å². The van der Waals surface area contributed by atoms with Crippen LogP contribution in [-0.2, 0) is 0 Å². The summed E-state index contributed by atoms with van der Waals surface area (Å²) in [7, 11) is 0. The van der Waals surface area contributed by atoms with Gasteiger partial charge in [-0.3, -0.25) is 0 Å². The summed E-state index contributed by atoms with van der Waals surface area (Å²) in [6, 6.07) is 0. The van der Waals surface area contributed by atoms with E-state index in [2.05, 4.69) is 38.7 Å². The van der Waals surface area contributed by atoms with Crippen molar-refractivity contribution in [2.75, 3.05) is 0 Å². The molecule has 0 N–H and O–H groups in total. The van der Waals surface area contributed by atoms with Crippen molar-refractivity contribution in [1.29, 1.82) is 0 Å². The number of allylic oxidation sites excluding steroid dienone is 5. The number of hydrogen-bond donors (Lipinski definition) is 0. The molecule has 1 rings (SSSR count). The van der Waals surface area contributed by atoms with Crippen molar-refractivity contribution in [1.82, 2.24) is 0 Å². The summed E-state index contributed by atoms with van der Waals surface area (Å²) >= 11 is 0. The van der Waals surface area contributed by atoms with Gasteiger partial charge in [-0.05, 0) is 31.6 Å². The van der Waals surface area contributed by atoms with Crippen LogP contribution >= 0.6 is 0 Å². The van der Waals surface area contributed by atoms with Crippen LogP contribution in [0.2, 0.25) is 0 Å². The summed E-state index contributed by atoms with van der Waals surface area (Å²) in [6.45, 7) is 8.52. The van der Waals surface area contributed by atoms with E-state index < -0.39 is 0 Å². The summed E-state index contributed by atoms with van der Waals surface area (Å²) in [5.74, 6) is 0.738. The molecule has 0 heteroatoms. The molecular weight excluding hydrogens is 156 g/mol. The minimum Gasteiger partial charge on any atom is -0.0999 e. The van der Waals surface area contributed by atoms with Gasteiger partial charge in [0.1, 0.15) is 0 Å². The molecule has 1 unspecified atom stereocenters. The molecule has 0 saturated carbocycles. The second-order valence-electron chi connectivity index (χ2n) is 3.76. The van der Waals surface area contributed by atoms with Crippen LogP contribution in [-0.4, -0.2) is 0 Å². The Morgan fingerprint density at radius 2 is 2.31 bits per heavy atom. The molecule has 72 valence electrons. The van der Waals surface area contributed by atoms with E-state index in [0.29, 0.717) is 0 Å². The SMILES string of the molecule is C=C(CC)CC1CC=CC=C1CC. The van der Waals surface area contributed by atoms with Gasteiger partial charge in [-0.25, -0.2) is 0 Å². The fraction of sp³-hybridized carbons (Fsp3) is 0.538. The Morgan fingerprint density at radius 1 is 1.54 bits per heavy atom. The Hall–Kier alpha value is -0.780. The molecule has 0 spiro atoms. The second kappa shape index (κ2) is 5.06. The van der Waals surface area contributed by atoms with E-state index in [0.717, 1.165) is 12.3 Å². The lowest BCUT2D eigenvalue weighted by Crippen LogP contribution is -2.06. The van der Waals surface area contributed by atoms with Crippen molar-refractivity contribution in [3.63, 3.8) is 0 Å². The zero-order chi connectivity index (χ0) is 9.68. The van der Waals surface area contributed by atoms with E-state index >= 15 is 0 Å². The maximum absolute atomic E-state index is 4.08. The molecule has 0 nitrogen and oxygen atoms in total. The van der Waals surface area contributed by atoms with Gasteiger partial charge in [0.15, 0.2) is 0 Å². The quantitative estimate of drug-likeness (QED) is 0.561. The first-order valence-electron chi connectivity index (χ1n) is 5.30. The summed E-state index contributed by atoms with van der Waals surface area (Å²) in [6.07, 6.45) is 11.4. The molecule has 0 radical (unpaired) electrons. The van der Waals surface area contributed by atoms with Crippen molar-refractivity contribution < 1.29 is 0 Å². The van der Waals surface area contributed by atoms with Gasteiger partial charge in [0.25, 0.3) is 0 Å². The van der Waals surface area contributed by atoms with Gasteiger partial charge in [-0.15, -0.1) is 0 Å². The van der Waals surface area contributed by atoms with E-state index in [1.807, 2.05) is 0 Å². The molecular formula is C13H20. The predicted octanol–water partition coefficient (Wildman–Crippen LogP) is 4.26. The van der Waals surface area contributed by atoms with Crippen LogP contribution in [0.15, 0.2) is 36.0 Å². The van der Waals surface area contributed by atoms with Crippen LogP contribution in [0.3, 0.4) is 0 Å². The van der Waals surface area contributed by atoms with E-state index in [9.17, 15) is 0 Å². The Kier molecular flexibility index (Phi) is 4.01. The van der Waals surface area contributed by atoms with Gasteiger partial charge in [-0.1, -0.05) is 49.8 Å². The Labute approximate surface area is 82.0 Å². The molecule has 0 aliphatic heterocycles. The van der Waals surface area contributed by atoms with Gasteiger partial charge in [0.05, 0.1) is 0 Å². The fourth-order valence-electron chi connectivity index (χ4n) is 1.84. The highest BCUT2D eigenvalue weighted by Crippen LogP contribution is 2.29. The molecule has 0 bridgehead atoms. The third kappa shape index (κ3) is 2.87. The van der Waals surface area contributed by atoms with E-state index in [4.69, 9.17) is 0 Å². The summed E-state index contributed by atoms with van der Waals surface area (Å²) in [5, 5.41) is 0. The largest absolute Gasteiger partial charge is 0.0999 e. The highest BCUT2D eigenvalue weighted by molar-refractivity contribution is 5.22. The Balaban J connectivity index is 2.55. The second-order valence-corrected chi connectivity index (χ2v) is 3.76. The van der Waals surface area contributed by atoms with Gasteiger partial charge in [0.2, 0.25) is 0 Å². The average Bonchev–Trinajstić information content (AvgIpc) is 2.18. The molecule has 0 saturated heterocycles. The van der Waals surface area contributed by atoms with Crippen LogP contribution in [0.1, 0.15) is 39.5 Å². The molecule has 1 atom stereocenters. The van der Waals surface area contributed by atoms with Gasteiger partial charge < -0.3 is 0 Å². The monoisotopic (exact) mass is 176 g/mol. The standard InChI is InChI=1S/C13H20/c1-4-11(3)10-13-9-7-6-8-12(13)5-2/h6-8,13H,3-5,9-10H2,1-2H3. The Morgan fingerprint density at radius 3 is 2.92 bits per heavy atom. The molecule has 0 fully saturated rings. The summed E-state index contributed by atoms with van der Waals surface area (Å²) < 4.78 is 0. The molecule has 0 aromatic rings. The molecule has 0 amide bonds. The minimum absolute atomic E-state index is 0.738. The molecule has 0 aromatic carbocycles. The minimum atomic E-state index is 0.738.